The fraction of sp³-hybridized carbons (Fsp3) is 0.393. The van der Waals surface area contributed by atoms with Crippen molar-refractivity contribution >= 4 is 45.2 Å². The second-order valence-electron chi connectivity index (χ2n) is 9.97. The zero-order valence-corrected chi connectivity index (χ0v) is 22.3. The largest absolute Gasteiger partial charge is 0.464 e. The molecule has 1 amide bonds. The molecule has 3 aromatic heterocycles. The summed E-state index contributed by atoms with van der Waals surface area (Å²) in [6.07, 6.45) is 5.17. The van der Waals surface area contributed by atoms with Crippen LogP contribution in [0.15, 0.2) is 42.7 Å². The predicted molar refractivity (Wildman–Crippen MR) is 146 cm³/mol. The third kappa shape index (κ3) is 5.61. The van der Waals surface area contributed by atoms with Crippen LogP contribution in [0.3, 0.4) is 0 Å². The molecule has 0 saturated carbocycles. The van der Waals surface area contributed by atoms with E-state index in [4.69, 9.17) is 14.5 Å². The summed E-state index contributed by atoms with van der Waals surface area (Å²) in [7, 11) is 3.04. The number of nitrogens with one attached hydrogen (secondary N) is 3. The van der Waals surface area contributed by atoms with Gasteiger partial charge in [0.2, 0.25) is 5.91 Å². The minimum Gasteiger partial charge on any atom is -0.464 e. The van der Waals surface area contributed by atoms with Crippen LogP contribution in [0.2, 0.25) is 0 Å². The minimum absolute atomic E-state index is 0.0995. The molecule has 3 N–H and O–H groups in total. The number of benzene rings is 1. The van der Waals surface area contributed by atoms with Crippen LogP contribution in [0.25, 0.3) is 21.9 Å². The fourth-order valence-corrected chi connectivity index (χ4v) is 4.86. The van der Waals surface area contributed by atoms with Crippen molar-refractivity contribution in [2.75, 3.05) is 24.9 Å². The van der Waals surface area contributed by atoms with Crippen LogP contribution in [0.1, 0.15) is 50.2 Å². The van der Waals surface area contributed by atoms with E-state index in [9.17, 15) is 9.59 Å². The summed E-state index contributed by atoms with van der Waals surface area (Å²) in [6, 6.07) is 10.1. The predicted octanol–water partition coefficient (Wildman–Crippen LogP) is 5.12. The highest BCUT2D eigenvalue weighted by molar-refractivity contribution is 6.11. The van der Waals surface area contributed by atoms with Crippen LogP contribution < -0.4 is 10.6 Å². The van der Waals surface area contributed by atoms with E-state index >= 15 is 0 Å². The maximum Gasteiger partial charge on any atom is 0.356 e. The second-order valence-corrected chi connectivity index (χ2v) is 9.97. The number of ether oxygens (including phenoxy) is 2. The Hall–Kier alpha value is -3.85. The lowest BCUT2D eigenvalue weighted by atomic mass is 10.00. The summed E-state index contributed by atoms with van der Waals surface area (Å²) in [5.74, 6) is -0.820. The molecule has 1 atom stereocenters. The Bertz CT molecular complexity index is 1440. The van der Waals surface area contributed by atoms with E-state index in [2.05, 4.69) is 28.6 Å². The van der Waals surface area contributed by atoms with E-state index in [0.717, 1.165) is 28.6 Å². The molecule has 9 nitrogen and oxygen atoms in total. The number of fused-ring (bicyclic) bond motifs is 2. The highest BCUT2D eigenvalue weighted by atomic mass is 16.5. The van der Waals surface area contributed by atoms with Crippen LogP contribution in [-0.2, 0) is 27.2 Å². The number of nitrogens with zero attached hydrogens (tertiary/aromatic N) is 2. The second kappa shape index (κ2) is 10.6. The van der Waals surface area contributed by atoms with Crippen molar-refractivity contribution in [2.45, 2.75) is 58.7 Å². The zero-order valence-electron chi connectivity index (χ0n) is 22.3. The maximum absolute atomic E-state index is 13.0. The van der Waals surface area contributed by atoms with Gasteiger partial charge in [0.15, 0.2) is 5.69 Å². The molecule has 0 aliphatic carbocycles. The molecule has 9 heteroatoms. The van der Waals surface area contributed by atoms with Gasteiger partial charge < -0.3 is 29.7 Å². The van der Waals surface area contributed by atoms with Gasteiger partial charge in [-0.3, -0.25) is 4.79 Å². The first-order valence-corrected chi connectivity index (χ1v) is 12.4. The quantitative estimate of drug-likeness (QED) is 0.258. The van der Waals surface area contributed by atoms with E-state index in [-0.39, 0.29) is 23.2 Å². The number of hydrogen-bond acceptors (Lipinski definition) is 6. The van der Waals surface area contributed by atoms with E-state index in [1.165, 1.54) is 14.0 Å². The lowest BCUT2D eigenvalue weighted by Crippen LogP contribution is -2.31. The molecule has 0 unspecified atom stereocenters. The molecule has 4 aromatic rings. The topological polar surface area (TPSA) is 110 Å². The number of H-pyrrole nitrogens is 1. The third-order valence-electron chi connectivity index (χ3n) is 6.62. The number of rotatable bonds is 10. The van der Waals surface area contributed by atoms with Gasteiger partial charge in [0.1, 0.15) is 5.65 Å². The number of esters is 1. The lowest BCUT2D eigenvalue weighted by molar-refractivity contribution is -0.114. The number of anilines is 2. The number of carbonyl (C=O) groups is 2. The minimum atomic E-state index is -0.537. The number of aromatic amines is 1. The molecular formula is C28H35N5O4. The van der Waals surface area contributed by atoms with Crippen molar-refractivity contribution in [3.63, 3.8) is 0 Å². The van der Waals surface area contributed by atoms with Gasteiger partial charge in [-0.1, -0.05) is 18.2 Å². The van der Waals surface area contributed by atoms with Gasteiger partial charge in [-0.25, -0.2) is 9.78 Å². The van der Waals surface area contributed by atoms with Crippen molar-refractivity contribution in [1.29, 1.82) is 0 Å². The molecule has 3 heterocycles. The van der Waals surface area contributed by atoms with E-state index in [1.54, 1.807) is 13.3 Å². The van der Waals surface area contributed by atoms with Crippen LogP contribution in [0.5, 0.6) is 0 Å². The third-order valence-corrected chi connectivity index (χ3v) is 6.62. The normalized spacial score (nSPS) is 12.6. The summed E-state index contributed by atoms with van der Waals surface area (Å²) in [5, 5.41) is 8.11. The molecule has 0 spiro atoms. The first-order chi connectivity index (χ1) is 17.6. The Morgan fingerprint density at radius 2 is 1.95 bits per heavy atom. The van der Waals surface area contributed by atoms with Gasteiger partial charge in [0.25, 0.3) is 0 Å². The Kier molecular flexibility index (Phi) is 7.54. The molecule has 0 saturated heterocycles. The molecule has 196 valence electrons. The highest BCUT2D eigenvalue weighted by Crippen LogP contribution is 2.33. The van der Waals surface area contributed by atoms with Crippen LogP contribution in [0, 0.1) is 0 Å². The summed E-state index contributed by atoms with van der Waals surface area (Å²) in [6.45, 7) is 8.04. The van der Waals surface area contributed by atoms with Gasteiger partial charge in [-0.2, -0.15) is 0 Å². The van der Waals surface area contributed by atoms with E-state index in [1.807, 2.05) is 48.9 Å². The molecule has 0 radical (unpaired) electrons. The maximum atomic E-state index is 13.0. The SMILES string of the molecule is COC(=O)c1c(NC(C)=O)c2cc(N[C@@H](C)CC(C)(C)OC)cnc2n1CCc1c[nH]c2ccccc12. The number of hydrogen-bond donors (Lipinski definition) is 3. The molecule has 1 aromatic carbocycles. The summed E-state index contributed by atoms with van der Waals surface area (Å²) < 4.78 is 12.5. The van der Waals surface area contributed by atoms with Crippen molar-refractivity contribution in [3.8, 4) is 0 Å². The summed E-state index contributed by atoms with van der Waals surface area (Å²) in [4.78, 5) is 33.1. The van der Waals surface area contributed by atoms with Gasteiger partial charge >= 0.3 is 5.97 Å². The number of pyridine rings is 1. The molecule has 4 rings (SSSR count). The first-order valence-electron chi connectivity index (χ1n) is 12.4. The van der Waals surface area contributed by atoms with E-state index < -0.39 is 5.97 Å². The van der Waals surface area contributed by atoms with Crippen LogP contribution in [0.4, 0.5) is 11.4 Å². The Morgan fingerprint density at radius 3 is 2.65 bits per heavy atom. The molecule has 0 bridgehead atoms. The Balaban J connectivity index is 1.75. The van der Waals surface area contributed by atoms with Crippen molar-refractivity contribution < 1.29 is 19.1 Å². The number of aryl methyl sites for hydroxylation is 2. The van der Waals surface area contributed by atoms with Crippen molar-refractivity contribution in [1.82, 2.24) is 14.5 Å². The number of amides is 1. The molecule has 0 fully saturated rings. The number of carbonyl (C=O) groups excluding carboxylic acids is 2. The summed E-state index contributed by atoms with van der Waals surface area (Å²) >= 11 is 0. The van der Waals surface area contributed by atoms with E-state index in [0.29, 0.717) is 29.7 Å². The Labute approximate surface area is 216 Å². The smallest absolute Gasteiger partial charge is 0.356 e. The number of aromatic nitrogens is 3. The zero-order chi connectivity index (χ0) is 26.7. The number of para-hydroxylation sites is 1. The van der Waals surface area contributed by atoms with Crippen molar-refractivity contribution in [2.24, 2.45) is 0 Å². The average Bonchev–Trinajstić information content (AvgIpc) is 3.40. The molecule has 0 aliphatic heterocycles. The van der Waals surface area contributed by atoms with Crippen LogP contribution >= 0.6 is 0 Å². The fourth-order valence-electron chi connectivity index (χ4n) is 4.86. The van der Waals surface area contributed by atoms with Gasteiger partial charge in [0, 0.05) is 49.1 Å². The molecular weight excluding hydrogens is 470 g/mol. The molecule has 0 aliphatic rings. The highest BCUT2D eigenvalue weighted by Gasteiger charge is 2.26. The van der Waals surface area contributed by atoms with Gasteiger partial charge in [-0.05, 0) is 51.3 Å². The standard InChI is InChI=1S/C28H35N5O4/c1-17(14-28(3,4)37-6)31-20-13-22-24(32-18(2)34)25(27(35)36-5)33(26(22)30-16-20)12-11-19-15-29-23-10-8-7-9-21(19)23/h7-10,13,15-17,29,31H,11-12,14H2,1-6H3,(H,32,34)/t17-/m0/s1. The monoisotopic (exact) mass is 505 g/mol. The lowest BCUT2D eigenvalue weighted by Gasteiger charge is -2.27. The van der Waals surface area contributed by atoms with Gasteiger partial charge in [0.05, 0.1) is 30.3 Å². The number of methoxy groups -OCH3 is 2. The summed E-state index contributed by atoms with van der Waals surface area (Å²) in [5.41, 5.74) is 3.95. The Morgan fingerprint density at radius 1 is 1.19 bits per heavy atom. The first kappa shape index (κ1) is 26.2. The molecule has 37 heavy (non-hydrogen) atoms. The van der Waals surface area contributed by atoms with Crippen molar-refractivity contribution in [3.05, 3.63) is 54.0 Å². The average molecular weight is 506 g/mol. The van der Waals surface area contributed by atoms with Gasteiger partial charge in [-0.15, -0.1) is 0 Å². The van der Waals surface area contributed by atoms with Crippen LogP contribution in [-0.4, -0.2) is 52.3 Å².